The number of carboxylic acids is 1. The summed E-state index contributed by atoms with van der Waals surface area (Å²) in [5, 5.41) is 8.75. The summed E-state index contributed by atoms with van der Waals surface area (Å²) in [5.74, 6) is 1.85. The minimum absolute atomic E-state index is 0.279. The van der Waals surface area contributed by atoms with E-state index in [9.17, 15) is 4.79 Å². The van der Waals surface area contributed by atoms with Crippen LogP contribution in [-0.4, -0.2) is 41.7 Å². The molecular formula is C23H35NO3. The lowest BCUT2D eigenvalue weighted by Gasteiger charge is -2.32. The minimum Gasteiger partial charge on any atom is -0.490 e. The van der Waals surface area contributed by atoms with Crippen LogP contribution in [0.1, 0.15) is 76.2 Å². The highest BCUT2D eigenvalue weighted by Gasteiger charge is 2.22. The topological polar surface area (TPSA) is 49.8 Å². The largest absolute Gasteiger partial charge is 0.490 e. The molecule has 150 valence electrons. The van der Waals surface area contributed by atoms with Crippen molar-refractivity contribution in [3.8, 4) is 5.75 Å². The number of likely N-dealkylation sites (tertiary alicyclic amines) is 1. The first-order chi connectivity index (χ1) is 13.1. The maximum atomic E-state index is 10.6. The second kappa shape index (κ2) is 10.1. The number of ether oxygens (including phenoxy) is 1. The number of aliphatic carboxylic acids is 1. The van der Waals surface area contributed by atoms with Crippen molar-refractivity contribution in [1.82, 2.24) is 4.90 Å². The molecular weight excluding hydrogens is 338 g/mol. The lowest BCUT2D eigenvalue weighted by atomic mass is 9.86. The fourth-order valence-corrected chi connectivity index (χ4v) is 4.61. The monoisotopic (exact) mass is 373 g/mol. The molecule has 1 aromatic carbocycles. The molecule has 3 rings (SSSR count). The van der Waals surface area contributed by atoms with Crippen molar-refractivity contribution in [2.75, 3.05) is 19.6 Å². The number of nitrogens with zero attached hydrogens (tertiary/aromatic N) is 1. The highest BCUT2D eigenvalue weighted by atomic mass is 16.5. The molecule has 2 fully saturated rings. The van der Waals surface area contributed by atoms with Gasteiger partial charge in [0.15, 0.2) is 0 Å². The Morgan fingerprint density at radius 3 is 2.33 bits per heavy atom. The van der Waals surface area contributed by atoms with E-state index in [-0.39, 0.29) is 6.42 Å². The number of carboxylic acid groups (broad SMARTS) is 1. The van der Waals surface area contributed by atoms with Gasteiger partial charge in [-0.3, -0.25) is 4.79 Å². The highest BCUT2D eigenvalue weighted by Crippen LogP contribution is 2.32. The zero-order chi connectivity index (χ0) is 19.1. The van der Waals surface area contributed by atoms with E-state index < -0.39 is 5.97 Å². The van der Waals surface area contributed by atoms with Crippen LogP contribution in [0.15, 0.2) is 24.3 Å². The Kier molecular flexibility index (Phi) is 7.57. The van der Waals surface area contributed by atoms with Crippen molar-refractivity contribution in [3.05, 3.63) is 29.8 Å². The summed E-state index contributed by atoms with van der Waals surface area (Å²) >= 11 is 0. The van der Waals surface area contributed by atoms with Crippen molar-refractivity contribution in [3.63, 3.8) is 0 Å². The number of hydrogen-bond acceptors (Lipinski definition) is 3. The van der Waals surface area contributed by atoms with Gasteiger partial charge in [0.25, 0.3) is 0 Å². The third kappa shape index (κ3) is 6.24. The van der Waals surface area contributed by atoms with E-state index in [0.717, 1.165) is 50.6 Å². The highest BCUT2D eigenvalue weighted by molar-refractivity contribution is 5.66. The zero-order valence-electron chi connectivity index (χ0n) is 16.7. The van der Waals surface area contributed by atoms with Gasteiger partial charge in [-0.05, 0) is 94.1 Å². The van der Waals surface area contributed by atoms with Crippen LogP contribution in [0.4, 0.5) is 0 Å². The fraction of sp³-hybridized carbons (Fsp3) is 0.696. The van der Waals surface area contributed by atoms with Gasteiger partial charge < -0.3 is 14.7 Å². The van der Waals surface area contributed by atoms with Crippen molar-refractivity contribution in [1.29, 1.82) is 0 Å². The van der Waals surface area contributed by atoms with Crippen molar-refractivity contribution in [2.45, 2.75) is 76.7 Å². The molecule has 0 amide bonds. The van der Waals surface area contributed by atoms with Crippen molar-refractivity contribution < 1.29 is 14.6 Å². The molecule has 2 aliphatic rings. The predicted molar refractivity (Wildman–Crippen MR) is 108 cm³/mol. The average molecular weight is 374 g/mol. The molecule has 0 atom stereocenters. The molecule has 1 N–H and O–H groups in total. The zero-order valence-corrected chi connectivity index (χ0v) is 16.7. The lowest BCUT2D eigenvalue weighted by molar-refractivity contribution is -0.137. The smallest absolute Gasteiger partial charge is 0.303 e. The average Bonchev–Trinajstić information content (AvgIpc) is 2.69. The molecule has 1 aromatic rings. The van der Waals surface area contributed by atoms with Crippen molar-refractivity contribution in [2.24, 2.45) is 5.92 Å². The number of rotatable bonds is 8. The first-order valence-corrected chi connectivity index (χ1v) is 10.8. The van der Waals surface area contributed by atoms with Gasteiger partial charge >= 0.3 is 5.97 Å². The normalized spacial score (nSPS) is 24.6. The van der Waals surface area contributed by atoms with E-state index in [0.29, 0.717) is 12.0 Å². The van der Waals surface area contributed by atoms with E-state index in [1.54, 1.807) is 0 Å². The molecule has 4 heteroatoms. The summed E-state index contributed by atoms with van der Waals surface area (Å²) in [5.41, 5.74) is 1.42. The van der Waals surface area contributed by atoms with E-state index in [4.69, 9.17) is 9.84 Å². The van der Waals surface area contributed by atoms with Gasteiger partial charge in [-0.1, -0.05) is 25.5 Å². The van der Waals surface area contributed by atoms with Crippen LogP contribution >= 0.6 is 0 Å². The number of piperidine rings is 1. The number of hydrogen-bond donors (Lipinski definition) is 1. The third-order valence-electron chi connectivity index (χ3n) is 6.48. The summed E-state index contributed by atoms with van der Waals surface area (Å²) < 4.78 is 6.21. The van der Waals surface area contributed by atoms with Crippen LogP contribution in [-0.2, 0) is 4.79 Å². The fourth-order valence-electron chi connectivity index (χ4n) is 4.61. The van der Waals surface area contributed by atoms with Gasteiger partial charge in [0, 0.05) is 6.42 Å². The quantitative estimate of drug-likeness (QED) is 0.690. The predicted octanol–water partition coefficient (Wildman–Crippen LogP) is 5.08. The first-order valence-electron chi connectivity index (χ1n) is 10.8. The van der Waals surface area contributed by atoms with Crippen LogP contribution in [0.3, 0.4) is 0 Å². The maximum Gasteiger partial charge on any atom is 0.303 e. The Morgan fingerprint density at radius 1 is 1.07 bits per heavy atom. The molecule has 1 aliphatic heterocycles. The molecule has 1 aliphatic carbocycles. The molecule has 0 aromatic heterocycles. The molecule has 0 bridgehead atoms. The van der Waals surface area contributed by atoms with Crippen LogP contribution in [0.2, 0.25) is 0 Å². The summed E-state index contributed by atoms with van der Waals surface area (Å²) in [6.45, 7) is 5.35. The molecule has 0 unspecified atom stereocenters. The van der Waals surface area contributed by atoms with E-state index in [1.165, 1.54) is 37.7 Å². The van der Waals surface area contributed by atoms with Gasteiger partial charge in [-0.15, -0.1) is 0 Å². The van der Waals surface area contributed by atoms with Gasteiger partial charge in [0.1, 0.15) is 5.75 Å². The first kappa shape index (κ1) is 20.2. The van der Waals surface area contributed by atoms with Crippen LogP contribution in [0, 0.1) is 5.92 Å². The minimum atomic E-state index is -0.689. The van der Waals surface area contributed by atoms with E-state index in [1.807, 2.05) is 0 Å². The summed E-state index contributed by atoms with van der Waals surface area (Å²) in [7, 11) is 0. The summed E-state index contributed by atoms with van der Waals surface area (Å²) in [6.07, 6.45) is 10.1. The number of carbonyl (C=O) groups is 1. The standard InChI is InChI=1S/C23H35NO3/c1-2-18-5-9-21(10-6-18)27-22-11-7-19(8-12-22)20-13-16-24(17-14-20)15-3-4-23(25)26/h7-8,11-12,18,20-21H,2-6,9-10,13-17H2,1H3,(H,25,26). The molecule has 1 heterocycles. The Bertz CT molecular complexity index is 570. The van der Waals surface area contributed by atoms with E-state index in [2.05, 4.69) is 36.1 Å². The second-order valence-corrected chi connectivity index (χ2v) is 8.35. The molecule has 27 heavy (non-hydrogen) atoms. The Balaban J connectivity index is 1.41. The maximum absolute atomic E-state index is 10.6. The SMILES string of the molecule is CCC1CCC(Oc2ccc(C3CCN(CCCC(=O)O)CC3)cc2)CC1. The second-order valence-electron chi connectivity index (χ2n) is 8.35. The van der Waals surface area contributed by atoms with Crippen molar-refractivity contribution >= 4 is 5.97 Å². The Hall–Kier alpha value is -1.55. The third-order valence-corrected chi connectivity index (χ3v) is 6.48. The van der Waals surface area contributed by atoms with Crippen LogP contribution in [0.25, 0.3) is 0 Å². The number of benzene rings is 1. The van der Waals surface area contributed by atoms with Gasteiger partial charge in [-0.2, -0.15) is 0 Å². The van der Waals surface area contributed by atoms with Gasteiger partial charge in [0.2, 0.25) is 0 Å². The molecule has 0 radical (unpaired) electrons. The molecule has 4 nitrogen and oxygen atoms in total. The summed E-state index contributed by atoms with van der Waals surface area (Å²) in [6, 6.07) is 8.80. The molecule has 1 saturated heterocycles. The Morgan fingerprint density at radius 2 is 1.74 bits per heavy atom. The summed E-state index contributed by atoms with van der Waals surface area (Å²) in [4.78, 5) is 13.0. The van der Waals surface area contributed by atoms with Crippen LogP contribution in [0.5, 0.6) is 5.75 Å². The van der Waals surface area contributed by atoms with Gasteiger partial charge in [-0.25, -0.2) is 0 Å². The van der Waals surface area contributed by atoms with E-state index >= 15 is 0 Å². The van der Waals surface area contributed by atoms with Gasteiger partial charge in [0.05, 0.1) is 6.10 Å². The Labute approximate surface area is 163 Å². The molecule has 1 saturated carbocycles. The van der Waals surface area contributed by atoms with Crippen LogP contribution < -0.4 is 4.74 Å². The molecule has 0 spiro atoms. The lowest BCUT2D eigenvalue weighted by Crippen LogP contribution is -2.33.